The van der Waals surface area contributed by atoms with Crippen molar-refractivity contribution in [2.75, 3.05) is 5.32 Å². The number of halogens is 2. The number of aromatic nitrogens is 1. The van der Waals surface area contributed by atoms with Crippen LogP contribution in [0.25, 0.3) is 0 Å². The third kappa shape index (κ3) is 2.55. The van der Waals surface area contributed by atoms with Crippen molar-refractivity contribution in [3.05, 3.63) is 45.9 Å². The number of hydrogen-bond donors (Lipinski definition) is 1. The summed E-state index contributed by atoms with van der Waals surface area (Å²) in [6, 6.07) is 3.76. The van der Waals surface area contributed by atoms with Crippen LogP contribution in [0.1, 0.15) is 9.88 Å². The molecule has 1 aromatic carbocycles. The van der Waals surface area contributed by atoms with Gasteiger partial charge in [0.15, 0.2) is 11.6 Å². The van der Waals surface area contributed by atoms with E-state index in [-0.39, 0.29) is 0 Å². The van der Waals surface area contributed by atoms with Gasteiger partial charge in [0.05, 0.1) is 11.6 Å². The molecule has 0 atom stereocenters. The molecule has 2 nitrogen and oxygen atoms in total. The highest BCUT2D eigenvalue weighted by Gasteiger charge is 2.03. The minimum Gasteiger partial charge on any atom is -0.380 e. The molecule has 0 aliphatic heterocycles. The first-order valence-corrected chi connectivity index (χ1v) is 5.57. The van der Waals surface area contributed by atoms with Gasteiger partial charge in [-0.3, -0.25) is 0 Å². The molecule has 0 bridgehead atoms. The highest BCUT2D eigenvalue weighted by atomic mass is 32.1. The van der Waals surface area contributed by atoms with Gasteiger partial charge >= 0.3 is 0 Å². The summed E-state index contributed by atoms with van der Waals surface area (Å²) in [5.74, 6) is -1.68. The van der Waals surface area contributed by atoms with Crippen LogP contribution in [0.5, 0.6) is 0 Å². The molecule has 1 N–H and O–H groups in total. The van der Waals surface area contributed by atoms with Crippen LogP contribution in [-0.4, -0.2) is 4.98 Å². The van der Waals surface area contributed by atoms with Crippen molar-refractivity contribution in [3.63, 3.8) is 0 Å². The fraction of sp³-hybridized carbons (Fsp3) is 0.182. The van der Waals surface area contributed by atoms with Crippen molar-refractivity contribution < 1.29 is 8.78 Å². The number of nitrogens with zero attached hydrogens (tertiary/aromatic N) is 1. The van der Waals surface area contributed by atoms with Crippen LogP contribution < -0.4 is 5.32 Å². The Kier molecular flexibility index (Phi) is 3.14. The van der Waals surface area contributed by atoms with E-state index >= 15 is 0 Å². The molecule has 1 heterocycles. The van der Waals surface area contributed by atoms with Gasteiger partial charge in [-0.05, 0) is 19.1 Å². The Hall–Kier alpha value is -1.49. The Morgan fingerprint density at radius 1 is 1.31 bits per heavy atom. The lowest BCUT2D eigenvalue weighted by Gasteiger charge is -2.04. The quantitative estimate of drug-likeness (QED) is 0.890. The topological polar surface area (TPSA) is 24.9 Å². The van der Waals surface area contributed by atoms with Gasteiger partial charge in [-0.1, -0.05) is 0 Å². The number of hydrogen-bond acceptors (Lipinski definition) is 3. The number of benzene rings is 1. The second-order valence-corrected chi connectivity index (χ2v) is 4.65. The number of aryl methyl sites for hydroxylation is 1. The van der Waals surface area contributed by atoms with Crippen LogP contribution in [0.3, 0.4) is 0 Å². The second-order valence-electron chi connectivity index (χ2n) is 3.33. The van der Waals surface area contributed by atoms with Crippen LogP contribution in [0, 0.1) is 18.6 Å². The number of rotatable bonds is 3. The Morgan fingerprint density at radius 2 is 2.12 bits per heavy atom. The summed E-state index contributed by atoms with van der Waals surface area (Å²) in [5.41, 5.74) is 0.560. The molecule has 84 valence electrons. The molecule has 0 fully saturated rings. The molecular formula is C11H10F2N2S. The lowest BCUT2D eigenvalue weighted by Crippen LogP contribution is -1.98. The minimum atomic E-state index is -0.842. The Balaban J connectivity index is 2.02. The molecule has 0 aliphatic carbocycles. The summed E-state index contributed by atoms with van der Waals surface area (Å²) in [6.07, 6.45) is 1.77. The molecule has 0 aliphatic rings. The van der Waals surface area contributed by atoms with Crippen molar-refractivity contribution in [1.82, 2.24) is 4.98 Å². The Bertz CT molecular complexity index is 496. The molecule has 0 radical (unpaired) electrons. The fourth-order valence-electron chi connectivity index (χ4n) is 1.28. The summed E-state index contributed by atoms with van der Waals surface area (Å²) >= 11 is 1.57. The summed E-state index contributed by atoms with van der Waals surface area (Å²) in [6.45, 7) is 2.49. The monoisotopic (exact) mass is 240 g/mol. The van der Waals surface area contributed by atoms with E-state index in [1.54, 1.807) is 17.5 Å². The van der Waals surface area contributed by atoms with Crippen molar-refractivity contribution in [3.8, 4) is 0 Å². The molecule has 5 heteroatoms. The molecule has 0 saturated carbocycles. The average molecular weight is 240 g/mol. The smallest absolute Gasteiger partial charge is 0.160 e. The molecule has 0 amide bonds. The van der Waals surface area contributed by atoms with Crippen LogP contribution in [0.4, 0.5) is 14.5 Å². The molecule has 16 heavy (non-hydrogen) atoms. The molecule has 0 saturated heterocycles. The SMILES string of the molecule is Cc1ncc(CNc2ccc(F)c(F)c2)s1. The lowest BCUT2D eigenvalue weighted by molar-refractivity contribution is 0.509. The van der Waals surface area contributed by atoms with E-state index < -0.39 is 11.6 Å². The van der Waals surface area contributed by atoms with E-state index in [4.69, 9.17) is 0 Å². The van der Waals surface area contributed by atoms with Crippen molar-refractivity contribution in [2.24, 2.45) is 0 Å². The number of nitrogens with one attached hydrogen (secondary N) is 1. The fourth-order valence-corrected chi connectivity index (χ4v) is 2.02. The van der Waals surface area contributed by atoms with Gasteiger partial charge in [0.25, 0.3) is 0 Å². The van der Waals surface area contributed by atoms with Gasteiger partial charge < -0.3 is 5.32 Å². The molecular weight excluding hydrogens is 230 g/mol. The van der Waals surface area contributed by atoms with E-state index in [0.717, 1.165) is 22.0 Å². The predicted octanol–water partition coefficient (Wildman–Crippen LogP) is 3.34. The third-order valence-corrected chi connectivity index (χ3v) is 2.97. The molecule has 0 unspecified atom stereocenters. The average Bonchev–Trinajstić information content (AvgIpc) is 2.66. The van der Waals surface area contributed by atoms with E-state index in [9.17, 15) is 8.78 Å². The second kappa shape index (κ2) is 4.57. The van der Waals surface area contributed by atoms with Gasteiger partial charge in [0, 0.05) is 22.8 Å². The van der Waals surface area contributed by atoms with Gasteiger partial charge in [0.1, 0.15) is 0 Å². The predicted molar refractivity (Wildman–Crippen MR) is 60.5 cm³/mol. The molecule has 2 aromatic rings. The zero-order valence-corrected chi connectivity index (χ0v) is 9.44. The van der Waals surface area contributed by atoms with Gasteiger partial charge in [-0.2, -0.15) is 0 Å². The van der Waals surface area contributed by atoms with Crippen LogP contribution in [0.2, 0.25) is 0 Å². The summed E-state index contributed by atoms with van der Waals surface area (Å²) < 4.78 is 25.5. The first-order chi connectivity index (χ1) is 7.65. The zero-order chi connectivity index (χ0) is 11.5. The van der Waals surface area contributed by atoms with Crippen molar-refractivity contribution in [1.29, 1.82) is 0 Å². The first-order valence-electron chi connectivity index (χ1n) is 4.75. The number of thiazole rings is 1. The van der Waals surface area contributed by atoms with Crippen molar-refractivity contribution in [2.45, 2.75) is 13.5 Å². The van der Waals surface area contributed by atoms with E-state index in [1.807, 2.05) is 6.92 Å². The highest BCUT2D eigenvalue weighted by molar-refractivity contribution is 7.11. The lowest BCUT2D eigenvalue weighted by atomic mass is 10.3. The Morgan fingerprint density at radius 3 is 2.75 bits per heavy atom. The van der Waals surface area contributed by atoms with Gasteiger partial charge in [-0.15, -0.1) is 11.3 Å². The number of anilines is 1. The zero-order valence-electron chi connectivity index (χ0n) is 8.63. The minimum absolute atomic E-state index is 0.560. The molecule has 0 spiro atoms. The summed E-state index contributed by atoms with van der Waals surface area (Å²) in [7, 11) is 0. The maximum Gasteiger partial charge on any atom is 0.160 e. The Labute approximate surface area is 96.0 Å². The maximum atomic E-state index is 12.9. The molecule has 1 aromatic heterocycles. The molecule has 2 rings (SSSR count). The van der Waals surface area contributed by atoms with Crippen LogP contribution in [0.15, 0.2) is 24.4 Å². The van der Waals surface area contributed by atoms with Gasteiger partial charge in [-0.25, -0.2) is 13.8 Å². The summed E-state index contributed by atoms with van der Waals surface area (Å²) in [5, 5.41) is 3.99. The first kappa shape index (κ1) is 11.0. The van der Waals surface area contributed by atoms with Gasteiger partial charge in [0.2, 0.25) is 0 Å². The standard InChI is InChI=1S/C11H10F2N2S/c1-7-14-5-9(16-7)6-15-8-2-3-10(12)11(13)4-8/h2-5,15H,6H2,1H3. The van der Waals surface area contributed by atoms with Crippen LogP contribution >= 0.6 is 11.3 Å². The third-order valence-electron chi connectivity index (χ3n) is 2.06. The highest BCUT2D eigenvalue weighted by Crippen LogP contribution is 2.16. The van der Waals surface area contributed by atoms with E-state index in [0.29, 0.717) is 12.2 Å². The maximum absolute atomic E-state index is 12.9. The largest absolute Gasteiger partial charge is 0.380 e. The normalized spacial score (nSPS) is 10.4. The van der Waals surface area contributed by atoms with Crippen molar-refractivity contribution >= 4 is 17.0 Å². The van der Waals surface area contributed by atoms with E-state index in [2.05, 4.69) is 10.3 Å². The van der Waals surface area contributed by atoms with E-state index in [1.165, 1.54) is 6.07 Å². The van der Waals surface area contributed by atoms with Crippen LogP contribution in [-0.2, 0) is 6.54 Å². The summed E-state index contributed by atoms with van der Waals surface area (Å²) in [4.78, 5) is 5.16.